The zero-order chi connectivity index (χ0) is 14.2. The number of anilines is 1. The van der Waals surface area contributed by atoms with Crippen molar-refractivity contribution in [2.45, 2.75) is 19.3 Å². The van der Waals surface area contributed by atoms with Gasteiger partial charge in [-0.2, -0.15) is 0 Å². The van der Waals surface area contributed by atoms with Crippen LogP contribution < -0.4 is 9.64 Å². The van der Waals surface area contributed by atoms with E-state index in [1.54, 1.807) is 13.2 Å². The van der Waals surface area contributed by atoms with E-state index in [9.17, 15) is 4.79 Å². The second-order valence-electron chi connectivity index (χ2n) is 5.19. The molecule has 3 heteroatoms. The lowest BCUT2D eigenvalue weighted by Crippen LogP contribution is -2.25. The summed E-state index contributed by atoms with van der Waals surface area (Å²) in [5.74, 6) is 0.827. The van der Waals surface area contributed by atoms with Gasteiger partial charge in [-0.25, -0.2) is 0 Å². The Kier molecular flexibility index (Phi) is 3.23. The first-order chi connectivity index (χ1) is 8.97. The summed E-state index contributed by atoms with van der Waals surface area (Å²) < 4.78 is 5.29. The van der Waals surface area contributed by atoms with Gasteiger partial charge in [0, 0.05) is 29.4 Å². The van der Waals surface area contributed by atoms with Gasteiger partial charge in [0.15, 0.2) is 6.29 Å². The van der Waals surface area contributed by atoms with Crippen molar-refractivity contribution in [2.75, 3.05) is 19.1 Å². The molecule has 0 aliphatic carbocycles. The molecular formula is C16H19NO2. The molecule has 1 aromatic carbocycles. The fraction of sp³-hybridized carbons (Fsp3) is 0.312. The molecule has 3 nitrogen and oxygen atoms in total. The van der Waals surface area contributed by atoms with Crippen LogP contribution in [0.25, 0.3) is 0 Å². The number of ether oxygens (including phenoxy) is 1. The molecule has 0 saturated heterocycles. The summed E-state index contributed by atoms with van der Waals surface area (Å²) in [7, 11) is 3.63. The summed E-state index contributed by atoms with van der Waals surface area (Å²) in [6, 6.07) is 5.99. The minimum Gasteiger partial charge on any atom is -0.497 e. The lowest BCUT2D eigenvalue weighted by Gasteiger charge is -2.25. The van der Waals surface area contributed by atoms with Crippen LogP contribution in [0.1, 0.15) is 19.4 Å². The third-order valence-corrected chi connectivity index (χ3v) is 3.79. The summed E-state index contributed by atoms with van der Waals surface area (Å²) in [5, 5.41) is 0. The molecule has 19 heavy (non-hydrogen) atoms. The zero-order valence-corrected chi connectivity index (χ0v) is 11.9. The minimum absolute atomic E-state index is 0.247. The van der Waals surface area contributed by atoms with Crippen molar-refractivity contribution in [1.29, 1.82) is 0 Å². The Labute approximate surface area is 114 Å². The topological polar surface area (TPSA) is 29.5 Å². The quantitative estimate of drug-likeness (QED) is 0.615. The second kappa shape index (κ2) is 4.57. The number of benzene rings is 1. The molecule has 0 atom stereocenters. The maximum atomic E-state index is 11.3. The Morgan fingerprint density at radius 1 is 1.42 bits per heavy atom. The lowest BCUT2D eigenvalue weighted by molar-refractivity contribution is -0.104. The molecule has 1 aliphatic heterocycles. The van der Waals surface area contributed by atoms with Crippen LogP contribution in [0.15, 0.2) is 42.1 Å². The fourth-order valence-corrected chi connectivity index (χ4v) is 2.86. The van der Waals surface area contributed by atoms with E-state index >= 15 is 0 Å². The zero-order valence-electron chi connectivity index (χ0n) is 11.9. The first kappa shape index (κ1) is 13.4. The monoisotopic (exact) mass is 257 g/mol. The third kappa shape index (κ3) is 1.86. The van der Waals surface area contributed by atoms with E-state index in [0.29, 0.717) is 5.57 Å². The highest BCUT2D eigenvalue weighted by molar-refractivity contribution is 5.84. The van der Waals surface area contributed by atoms with Crippen LogP contribution in [0.4, 0.5) is 5.69 Å². The van der Waals surface area contributed by atoms with E-state index in [-0.39, 0.29) is 5.41 Å². The van der Waals surface area contributed by atoms with Crippen LogP contribution in [-0.4, -0.2) is 20.4 Å². The maximum Gasteiger partial charge on any atom is 0.151 e. The van der Waals surface area contributed by atoms with Crippen molar-refractivity contribution in [1.82, 2.24) is 0 Å². The fourth-order valence-electron chi connectivity index (χ4n) is 2.86. The molecule has 0 N–H and O–H groups in total. The smallest absolute Gasteiger partial charge is 0.151 e. The molecule has 0 amide bonds. The van der Waals surface area contributed by atoms with Crippen LogP contribution in [0, 0.1) is 0 Å². The summed E-state index contributed by atoms with van der Waals surface area (Å²) in [5.41, 5.74) is 3.61. The van der Waals surface area contributed by atoms with Crippen molar-refractivity contribution in [3.8, 4) is 5.75 Å². The first-order valence-electron chi connectivity index (χ1n) is 6.22. The van der Waals surface area contributed by atoms with Crippen molar-refractivity contribution < 1.29 is 9.53 Å². The number of fused-ring (bicyclic) bond motifs is 1. The number of carbonyl (C=O) groups is 1. The van der Waals surface area contributed by atoms with Crippen molar-refractivity contribution in [2.24, 2.45) is 0 Å². The van der Waals surface area contributed by atoms with Crippen LogP contribution in [0.3, 0.4) is 0 Å². The summed E-state index contributed by atoms with van der Waals surface area (Å²) in [4.78, 5) is 13.3. The van der Waals surface area contributed by atoms with Gasteiger partial charge in [0.2, 0.25) is 0 Å². The predicted octanol–water partition coefficient (Wildman–Crippen LogP) is 3.06. The summed E-state index contributed by atoms with van der Waals surface area (Å²) in [6.45, 7) is 7.95. The highest BCUT2D eigenvalue weighted by atomic mass is 16.5. The SMILES string of the molecule is C=C/C(C=O)=C1\N(C)c2ccc(OC)cc2C1(C)C. The number of methoxy groups -OCH3 is 1. The number of nitrogens with zero attached hydrogens (tertiary/aromatic N) is 1. The maximum absolute atomic E-state index is 11.3. The van der Waals surface area contributed by atoms with Crippen LogP contribution in [0.5, 0.6) is 5.75 Å². The van der Waals surface area contributed by atoms with Gasteiger partial charge in [0.05, 0.1) is 7.11 Å². The van der Waals surface area contributed by atoms with Crippen LogP contribution >= 0.6 is 0 Å². The number of likely N-dealkylation sites (N-methyl/N-ethyl adjacent to an activating group) is 1. The Hall–Kier alpha value is -2.03. The summed E-state index contributed by atoms with van der Waals surface area (Å²) >= 11 is 0. The number of rotatable bonds is 3. The van der Waals surface area contributed by atoms with Gasteiger partial charge in [0.1, 0.15) is 5.75 Å². The highest BCUT2D eigenvalue weighted by Gasteiger charge is 2.40. The Balaban J connectivity index is 2.71. The summed E-state index contributed by atoms with van der Waals surface area (Å²) in [6.07, 6.45) is 2.48. The van der Waals surface area contributed by atoms with E-state index in [1.807, 2.05) is 25.2 Å². The molecule has 0 spiro atoms. The van der Waals surface area contributed by atoms with Gasteiger partial charge in [-0.1, -0.05) is 26.5 Å². The van der Waals surface area contributed by atoms with Gasteiger partial charge in [0.25, 0.3) is 0 Å². The average molecular weight is 257 g/mol. The molecule has 2 rings (SSSR count). The molecule has 0 saturated carbocycles. The third-order valence-electron chi connectivity index (χ3n) is 3.79. The van der Waals surface area contributed by atoms with Crippen molar-refractivity contribution in [3.05, 3.63) is 47.7 Å². The van der Waals surface area contributed by atoms with Gasteiger partial charge >= 0.3 is 0 Å². The molecule has 0 fully saturated rings. The highest BCUT2D eigenvalue weighted by Crippen LogP contribution is 2.48. The second-order valence-corrected chi connectivity index (χ2v) is 5.19. The molecular weight excluding hydrogens is 238 g/mol. The number of hydrogen-bond acceptors (Lipinski definition) is 3. The van der Waals surface area contributed by atoms with Crippen molar-refractivity contribution >= 4 is 12.0 Å². The van der Waals surface area contributed by atoms with Crippen LogP contribution in [-0.2, 0) is 10.2 Å². The Bertz CT molecular complexity index is 560. The molecule has 1 heterocycles. The van der Waals surface area contributed by atoms with E-state index in [0.717, 1.165) is 29.0 Å². The van der Waals surface area contributed by atoms with E-state index in [2.05, 4.69) is 25.3 Å². The predicted molar refractivity (Wildman–Crippen MR) is 77.7 cm³/mol. The average Bonchev–Trinajstić information content (AvgIpc) is 2.61. The lowest BCUT2D eigenvalue weighted by atomic mass is 9.82. The van der Waals surface area contributed by atoms with E-state index in [1.165, 1.54) is 0 Å². The standard InChI is InChI=1S/C16H19NO2/c1-6-11(10-18)15-16(2,3)13-9-12(19-5)7-8-14(13)17(15)4/h6-10H,1H2,2-5H3/b15-11+. The number of carbonyl (C=O) groups excluding carboxylic acids is 1. The van der Waals surface area contributed by atoms with Gasteiger partial charge in [-0.3, -0.25) is 4.79 Å². The molecule has 0 radical (unpaired) electrons. The normalized spacial score (nSPS) is 18.8. The Morgan fingerprint density at radius 3 is 2.63 bits per heavy atom. The molecule has 0 unspecified atom stereocenters. The molecule has 1 aromatic rings. The van der Waals surface area contributed by atoms with E-state index in [4.69, 9.17) is 4.74 Å². The molecule has 0 bridgehead atoms. The largest absolute Gasteiger partial charge is 0.497 e. The molecule has 1 aliphatic rings. The number of hydrogen-bond donors (Lipinski definition) is 0. The van der Waals surface area contributed by atoms with Crippen molar-refractivity contribution in [3.63, 3.8) is 0 Å². The van der Waals surface area contributed by atoms with Gasteiger partial charge in [-0.05, 0) is 23.8 Å². The number of allylic oxidation sites excluding steroid dienone is 3. The minimum atomic E-state index is -0.247. The Morgan fingerprint density at radius 2 is 2.11 bits per heavy atom. The molecule has 0 aromatic heterocycles. The van der Waals surface area contributed by atoms with Gasteiger partial charge < -0.3 is 9.64 Å². The first-order valence-corrected chi connectivity index (χ1v) is 6.22. The van der Waals surface area contributed by atoms with Crippen LogP contribution in [0.2, 0.25) is 0 Å². The van der Waals surface area contributed by atoms with E-state index < -0.39 is 0 Å². The van der Waals surface area contributed by atoms with Gasteiger partial charge in [-0.15, -0.1) is 0 Å². The number of aldehydes is 1. The molecule has 100 valence electrons.